The molecule has 0 unspecified atom stereocenters. The minimum atomic E-state index is -0.527. The van der Waals surface area contributed by atoms with Crippen LogP contribution in [0.1, 0.15) is 102 Å². The van der Waals surface area contributed by atoms with Crippen LogP contribution >= 0.6 is 0 Å². The lowest BCUT2D eigenvalue weighted by Gasteiger charge is -2.29. The van der Waals surface area contributed by atoms with Crippen molar-refractivity contribution in [3.63, 3.8) is 0 Å². The molecule has 0 aliphatic heterocycles. The van der Waals surface area contributed by atoms with Crippen LogP contribution in [0.2, 0.25) is 0 Å². The third kappa shape index (κ3) is 5.91. The summed E-state index contributed by atoms with van der Waals surface area (Å²) in [5, 5.41) is 0. The van der Waals surface area contributed by atoms with Crippen LogP contribution in [-0.4, -0.2) is 17.2 Å². The van der Waals surface area contributed by atoms with Gasteiger partial charge in [-0.05, 0) is 107 Å². The van der Waals surface area contributed by atoms with Crippen molar-refractivity contribution in [2.45, 2.75) is 102 Å². The van der Waals surface area contributed by atoms with E-state index in [4.69, 9.17) is 14.2 Å². The van der Waals surface area contributed by atoms with Crippen molar-refractivity contribution in [2.24, 2.45) is 0 Å². The van der Waals surface area contributed by atoms with Gasteiger partial charge in [0.1, 0.15) is 22.7 Å². The predicted octanol–water partition coefficient (Wildman–Crippen LogP) is 8.10. The molecule has 0 N–H and O–H groups in total. The molecule has 0 aromatic heterocycles. The highest BCUT2D eigenvalue weighted by molar-refractivity contribution is 5.87. The van der Waals surface area contributed by atoms with E-state index in [2.05, 4.69) is 20.4 Å². The number of ether oxygens (including phenoxy) is 3. The second-order valence-electron chi connectivity index (χ2n) is 10.4. The molecular weight excluding hydrogens is 436 g/mol. The van der Waals surface area contributed by atoms with Gasteiger partial charge in [0.15, 0.2) is 6.10 Å². The largest absolute Gasteiger partial charge is 0.487 e. The third-order valence-corrected chi connectivity index (χ3v) is 7.93. The first-order valence-corrected chi connectivity index (χ1v) is 13.3. The predicted molar refractivity (Wildman–Crippen MR) is 140 cm³/mol. The Hall–Kier alpha value is -2.75. The molecule has 0 heterocycles. The molecule has 2 aliphatic carbocycles. The first-order valence-electron chi connectivity index (χ1n) is 13.3. The highest BCUT2D eigenvalue weighted by Gasteiger charge is 2.35. The topological polar surface area (TPSA) is 44.8 Å². The van der Waals surface area contributed by atoms with Gasteiger partial charge < -0.3 is 14.2 Å². The summed E-state index contributed by atoms with van der Waals surface area (Å²) in [5.74, 6) is 1.34. The minimum Gasteiger partial charge on any atom is -0.487 e. The van der Waals surface area contributed by atoms with Crippen LogP contribution in [0.15, 0.2) is 60.7 Å². The average molecular weight is 477 g/mol. The molecule has 0 atom stereocenters. The normalized spacial score (nSPS) is 18.4. The molecule has 2 aliphatic rings. The van der Waals surface area contributed by atoms with Crippen molar-refractivity contribution >= 4 is 5.97 Å². The van der Waals surface area contributed by atoms with Crippen LogP contribution in [0, 0.1) is 0 Å². The van der Waals surface area contributed by atoms with Gasteiger partial charge in [-0.2, -0.15) is 0 Å². The number of carbonyl (C=O) groups is 1. The Morgan fingerprint density at radius 2 is 1.14 bits per heavy atom. The van der Waals surface area contributed by atoms with E-state index in [1.54, 1.807) is 6.92 Å². The van der Waals surface area contributed by atoms with Gasteiger partial charge >= 0.3 is 5.97 Å². The van der Waals surface area contributed by atoms with Crippen molar-refractivity contribution in [3.8, 4) is 11.5 Å². The van der Waals surface area contributed by atoms with Crippen LogP contribution in [0.3, 0.4) is 0 Å². The Morgan fingerprint density at radius 1 is 0.771 bits per heavy atom. The van der Waals surface area contributed by atoms with E-state index in [0.29, 0.717) is 5.57 Å². The smallest absolute Gasteiger partial charge is 0.334 e. The fourth-order valence-electron chi connectivity index (χ4n) is 5.55. The standard InChI is InChI=1S/C31H40O4/c1-5-30(19-7-8-20-30)34-26-15-11-24(12-16-26)28(33-29(32)23(3)4)25-13-17-27(18-14-25)35-31(6-2)21-9-10-22-31/h11-18,28H,3,5-10,19-22H2,1-2,4H3. The number of hydrogen-bond acceptors (Lipinski definition) is 4. The summed E-state index contributed by atoms with van der Waals surface area (Å²) in [6, 6.07) is 16.0. The summed E-state index contributed by atoms with van der Waals surface area (Å²) >= 11 is 0. The summed E-state index contributed by atoms with van der Waals surface area (Å²) in [6.45, 7) is 9.84. The van der Waals surface area contributed by atoms with Gasteiger partial charge in [0.25, 0.3) is 0 Å². The molecule has 188 valence electrons. The maximum atomic E-state index is 12.5. The van der Waals surface area contributed by atoms with Gasteiger partial charge in [-0.15, -0.1) is 0 Å². The number of benzene rings is 2. The summed E-state index contributed by atoms with van der Waals surface area (Å²) in [6.07, 6.45) is 10.8. The van der Waals surface area contributed by atoms with Crippen molar-refractivity contribution in [2.75, 3.05) is 0 Å². The molecule has 2 saturated carbocycles. The average Bonchev–Trinajstić information content (AvgIpc) is 3.54. The number of hydrogen-bond donors (Lipinski definition) is 0. The Bertz CT molecular complexity index is 924. The summed E-state index contributed by atoms with van der Waals surface area (Å²) in [5.41, 5.74) is 2.10. The van der Waals surface area contributed by atoms with E-state index in [0.717, 1.165) is 61.2 Å². The van der Waals surface area contributed by atoms with E-state index >= 15 is 0 Å². The number of esters is 1. The highest BCUT2D eigenvalue weighted by atomic mass is 16.5. The Morgan fingerprint density at radius 3 is 1.46 bits per heavy atom. The number of carbonyl (C=O) groups excluding carboxylic acids is 1. The third-order valence-electron chi connectivity index (χ3n) is 7.93. The molecule has 0 spiro atoms. The molecule has 0 amide bonds. The minimum absolute atomic E-state index is 0.0433. The van der Waals surface area contributed by atoms with Crippen molar-refractivity contribution in [1.29, 1.82) is 0 Å². The van der Waals surface area contributed by atoms with Crippen LogP contribution in [0.4, 0.5) is 0 Å². The second kappa shape index (κ2) is 10.9. The summed E-state index contributed by atoms with van der Waals surface area (Å²) in [7, 11) is 0. The number of rotatable bonds is 10. The van der Waals surface area contributed by atoms with Gasteiger partial charge in [-0.25, -0.2) is 4.79 Å². The van der Waals surface area contributed by atoms with Gasteiger partial charge in [0, 0.05) is 5.57 Å². The highest BCUT2D eigenvalue weighted by Crippen LogP contribution is 2.39. The van der Waals surface area contributed by atoms with E-state index in [1.165, 1.54) is 25.7 Å². The molecule has 2 fully saturated rings. The van der Waals surface area contributed by atoms with Crippen LogP contribution in [-0.2, 0) is 9.53 Å². The zero-order valence-corrected chi connectivity index (χ0v) is 21.6. The van der Waals surface area contributed by atoms with Gasteiger partial charge in [0.05, 0.1) is 0 Å². The van der Waals surface area contributed by atoms with E-state index in [-0.39, 0.29) is 11.2 Å². The molecule has 2 aromatic carbocycles. The zero-order chi connectivity index (χ0) is 24.9. The molecule has 0 bridgehead atoms. The summed E-state index contributed by atoms with van der Waals surface area (Å²) < 4.78 is 18.8. The van der Waals surface area contributed by atoms with Crippen LogP contribution in [0.25, 0.3) is 0 Å². The van der Waals surface area contributed by atoms with Gasteiger partial charge in [-0.3, -0.25) is 0 Å². The Labute approximate surface area is 210 Å². The summed E-state index contributed by atoms with van der Waals surface area (Å²) in [4.78, 5) is 12.5. The van der Waals surface area contributed by atoms with E-state index in [9.17, 15) is 4.79 Å². The lowest BCUT2D eigenvalue weighted by Crippen LogP contribution is -2.31. The molecular formula is C31H40O4. The SMILES string of the molecule is C=C(C)C(=O)OC(c1ccc(OC2(CC)CCCC2)cc1)c1ccc(OC2(CC)CCCC2)cc1. The van der Waals surface area contributed by atoms with Gasteiger partial charge in [0.2, 0.25) is 0 Å². The molecule has 4 rings (SSSR count). The van der Waals surface area contributed by atoms with Crippen molar-refractivity contribution < 1.29 is 19.0 Å². The lowest BCUT2D eigenvalue weighted by molar-refractivity contribution is -0.142. The van der Waals surface area contributed by atoms with Crippen LogP contribution in [0.5, 0.6) is 11.5 Å². The second-order valence-corrected chi connectivity index (χ2v) is 10.4. The lowest BCUT2D eigenvalue weighted by atomic mass is 9.98. The van der Waals surface area contributed by atoms with Gasteiger partial charge in [-0.1, -0.05) is 44.7 Å². The molecule has 0 radical (unpaired) electrons. The molecule has 4 heteroatoms. The van der Waals surface area contributed by atoms with Crippen LogP contribution < -0.4 is 9.47 Å². The molecule has 0 saturated heterocycles. The molecule has 2 aromatic rings. The maximum Gasteiger partial charge on any atom is 0.334 e. The first kappa shape index (κ1) is 25.3. The van der Waals surface area contributed by atoms with Crippen molar-refractivity contribution in [1.82, 2.24) is 0 Å². The van der Waals surface area contributed by atoms with E-state index < -0.39 is 12.1 Å². The van der Waals surface area contributed by atoms with E-state index in [1.807, 2.05) is 48.5 Å². The van der Waals surface area contributed by atoms with Crippen molar-refractivity contribution in [3.05, 3.63) is 71.8 Å². The fourth-order valence-corrected chi connectivity index (χ4v) is 5.55. The zero-order valence-electron chi connectivity index (χ0n) is 21.6. The molecule has 35 heavy (non-hydrogen) atoms. The fraction of sp³-hybridized carbons (Fsp3) is 0.516. The molecule has 4 nitrogen and oxygen atoms in total. The monoisotopic (exact) mass is 476 g/mol. The quantitative estimate of drug-likeness (QED) is 0.257. The maximum absolute atomic E-state index is 12.5. The Kier molecular flexibility index (Phi) is 7.88. The first-order chi connectivity index (χ1) is 16.9. The Balaban J connectivity index is 1.54.